The van der Waals surface area contributed by atoms with Gasteiger partial charge in [0, 0.05) is 31.4 Å². The van der Waals surface area contributed by atoms with Crippen LogP contribution in [-0.2, 0) is 13.1 Å². The molecular weight excluding hydrogens is 449 g/mol. The van der Waals surface area contributed by atoms with Gasteiger partial charge in [0.15, 0.2) is 16.5 Å². The molecule has 0 spiro atoms. The molecule has 4 aromatic rings. The topological polar surface area (TPSA) is 114 Å². The lowest BCUT2D eigenvalue weighted by Crippen LogP contribution is -2.30. The molecule has 3 amide bonds. The Hall–Kier alpha value is -4.06. The number of fused-ring (bicyclic) bond motifs is 1. The monoisotopic (exact) mass is 469 g/mol. The summed E-state index contributed by atoms with van der Waals surface area (Å²) in [6.45, 7) is 2.08. The Balaban J connectivity index is 1.30. The highest BCUT2D eigenvalue weighted by molar-refractivity contribution is 7.13. The number of anilines is 1. The van der Waals surface area contributed by atoms with Crippen molar-refractivity contribution in [3.63, 3.8) is 0 Å². The average Bonchev–Trinajstić information content (AvgIpc) is 3.35. The summed E-state index contributed by atoms with van der Waals surface area (Å²) in [6.07, 6.45) is 2.72. The van der Waals surface area contributed by atoms with Gasteiger partial charge in [-0.05, 0) is 30.7 Å². The maximum absolute atomic E-state index is 13.2. The van der Waals surface area contributed by atoms with Gasteiger partial charge < -0.3 is 15.0 Å². The minimum absolute atomic E-state index is 0.174. The smallest absolute Gasteiger partial charge is 0.404 e. The number of urea groups is 1. The van der Waals surface area contributed by atoms with Crippen molar-refractivity contribution >= 4 is 34.2 Å². The van der Waals surface area contributed by atoms with Gasteiger partial charge >= 0.3 is 12.1 Å². The summed E-state index contributed by atoms with van der Waals surface area (Å²) in [7, 11) is 1.58. The van der Waals surface area contributed by atoms with Crippen LogP contribution in [0.15, 0.2) is 48.1 Å². The first-order valence-corrected chi connectivity index (χ1v) is 10.7. The van der Waals surface area contributed by atoms with E-state index in [-0.39, 0.29) is 18.9 Å². The lowest BCUT2D eigenvalue weighted by Gasteiger charge is -2.15. The molecule has 33 heavy (non-hydrogen) atoms. The summed E-state index contributed by atoms with van der Waals surface area (Å²) in [6, 6.07) is 7.23. The maximum Gasteiger partial charge on any atom is 0.415 e. The summed E-state index contributed by atoms with van der Waals surface area (Å²) in [5.41, 5.74) is 2.21. The van der Waals surface area contributed by atoms with Crippen molar-refractivity contribution in [2.24, 2.45) is 0 Å². The van der Waals surface area contributed by atoms with E-state index in [4.69, 9.17) is 4.74 Å². The van der Waals surface area contributed by atoms with E-state index in [2.05, 4.69) is 25.7 Å². The number of rotatable bonds is 6. The lowest BCUT2D eigenvalue weighted by atomic mass is 10.2. The summed E-state index contributed by atoms with van der Waals surface area (Å²) >= 11 is 1.22. The van der Waals surface area contributed by atoms with Gasteiger partial charge in [-0.25, -0.2) is 28.5 Å². The number of halogens is 1. The van der Waals surface area contributed by atoms with Crippen molar-refractivity contribution in [3.05, 3.63) is 70.9 Å². The van der Waals surface area contributed by atoms with Gasteiger partial charge in [0.2, 0.25) is 0 Å². The van der Waals surface area contributed by atoms with Crippen LogP contribution in [0.2, 0.25) is 0 Å². The third-order valence-corrected chi connectivity index (χ3v) is 5.34. The molecule has 0 aliphatic rings. The Morgan fingerprint density at radius 1 is 1.30 bits per heavy atom. The average molecular weight is 470 g/mol. The quantitative estimate of drug-likeness (QED) is 0.446. The number of nitrogens with one attached hydrogen (secondary N) is 2. The molecule has 0 saturated heterocycles. The number of amides is 3. The van der Waals surface area contributed by atoms with Crippen molar-refractivity contribution < 1.29 is 18.7 Å². The van der Waals surface area contributed by atoms with Crippen LogP contribution in [0.5, 0.6) is 5.75 Å². The number of benzene rings is 1. The van der Waals surface area contributed by atoms with E-state index in [0.717, 1.165) is 0 Å². The predicted octanol–water partition coefficient (Wildman–Crippen LogP) is 3.59. The number of aryl methyl sites for hydroxylation is 1. The Kier molecular flexibility index (Phi) is 6.45. The Morgan fingerprint density at radius 3 is 2.97 bits per heavy atom. The summed E-state index contributed by atoms with van der Waals surface area (Å²) in [5.74, 6) is -0.0713. The van der Waals surface area contributed by atoms with Crippen molar-refractivity contribution in [2.45, 2.75) is 20.0 Å². The van der Waals surface area contributed by atoms with E-state index in [9.17, 15) is 14.0 Å². The Bertz CT molecular complexity index is 1310. The third-order valence-electron chi connectivity index (χ3n) is 4.53. The number of carbonyl (C=O) groups is 2. The molecule has 3 heterocycles. The van der Waals surface area contributed by atoms with Crippen LogP contribution in [-0.4, -0.2) is 43.7 Å². The summed E-state index contributed by atoms with van der Waals surface area (Å²) in [4.78, 5) is 34.5. The second kappa shape index (κ2) is 9.61. The molecular formula is C21H20FN7O3S. The molecule has 1 aromatic carbocycles. The molecule has 0 radical (unpaired) electrons. The molecule has 0 atom stereocenters. The van der Waals surface area contributed by atoms with Crippen LogP contribution in [0.3, 0.4) is 0 Å². The van der Waals surface area contributed by atoms with Gasteiger partial charge in [0.1, 0.15) is 11.5 Å². The minimum atomic E-state index is -0.589. The molecule has 4 rings (SSSR count). The number of nitrogens with zero attached hydrogens (tertiary/aromatic N) is 5. The van der Waals surface area contributed by atoms with Crippen LogP contribution in [0.1, 0.15) is 17.0 Å². The highest BCUT2D eigenvalue weighted by Gasteiger charge is 2.19. The van der Waals surface area contributed by atoms with E-state index in [1.165, 1.54) is 32.9 Å². The fourth-order valence-corrected chi connectivity index (χ4v) is 3.67. The third kappa shape index (κ3) is 5.41. The van der Waals surface area contributed by atoms with Gasteiger partial charge in [0.05, 0.1) is 12.2 Å². The van der Waals surface area contributed by atoms with Gasteiger partial charge in [-0.2, -0.15) is 5.10 Å². The highest BCUT2D eigenvalue weighted by Crippen LogP contribution is 2.23. The van der Waals surface area contributed by atoms with Gasteiger partial charge in [0.25, 0.3) is 0 Å². The minimum Gasteiger partial charge on any atom is -0.404 e. The second-order valence-corrected chi connectivity index (χ2v) is 7.97. The number of aromatic nitrogens is 4. The number of hydrogen-bond donors (Lipinski definition) is 2. The Labute approximate surface area is 192 Å². The number of hydrogen-bond acceptors (Lipinski definition) is 7. The van der Waals surface area contributed by atoms with Crippen LogP contribution in [0, 0.1) is 12.7 Å². The first-order valence-electron chi connectivity index (χ1n) is 9.85. The van der Waals surface area contributed by atoms with Crippen LogP contribution in [0.25, 0.3) is 5.65 Å². The van der Waals surface area contributed by atoms with Gasteiger partial charge in [-0.3, -0.25) is 5.32 Å². The molecule has 12 heteroatoms. The second-order valence-electron chi connectivity index (χ2n) is 7.11. The number of thiazole rings is 1. The molecule has 3 aromatic heterocycles. The standard InChI is InChI=1S/C21H20FN7O3S/c1-13-17(18-23-7-4-8-29(18)27-13)32-21(31)28(2)11-16-12-33-20(25-16)26-19(30)24-10-14-5-3-6-15(22)9-14/h3-9,12H,10-11H2,1-2H3,(H2,24,25,26,30). The zero-order chi connectivity index (χ0) is 23.4. The molecule has 0 aliphatic carbocycles. The molecule has 2 N–H and O–H groups in total. The lowest BCUT2D eigenvalue weighted by molar-refractivity contribution is 0.160. The van der Waals surface area contributed by atoms with Crippen LogP contribution in [0.4, 0.5) is 19.1 Å². The molecule has 0 bridgehead atoms. The van der Waals surface area contributed by atoms with E-state index >= 15 is 0 Å². The highest BCUT2D eigenvalue weighted by atomic mass is 32.1. The van der Waals surface area contributed by atoms with Crippen molar-refractivity contribution in [2.75, 3.05) is 12.4 Å². The van der Waals surface area contributed by atoms with Crippen LogP contribution >= 0.6 is 11.3 Å². The summed E-state index contributed by atoms with van der Waals surface area (Å²) in [5, 5.41) is 11.6. The number of ether oxygens (including phenoxy) is 1. The Morgan fingerprint density at radius 2 is 2.15 bits per heavy atom. The van der Waals surface area contributed by atoms with E-state index in [1.54, 1.807) is 49.9 Å². The van der Waals surface area contributed by atoms with Crippen LogP contribution < -0.4 is 15.4 Å². The largest absolute Gasteiger partial charge is 0.415 e. The zero-order valence-corrected chi connectivity index (χ0v) is 18.6. The molecule has 0 aliphatic heterocycles. The maximum atomic E-state index is 13.2. The normalized spacial score (nSPS) is 10.8. The molecule has 0 saturated carbocycles. The zero-order valence-electron chi connectivity index (χ0n) is 17.8. The number of carbonyl (C=O) groups excluding carboxylic acids is 2. The molecule has 10 nitrogen and oxygen atoms in total. The fourth-order valence-electron chi connectivity index (χ4n) is 2.98. The van der Waals surface area contributed by atoms with Gasteiger partial charge in [-0.15, -0.1) is 11.3 Å². The van der Waals surface area contributed by atoms with Crippen molar-refractivity contribution in [1.29, 1.82) is 0 Å². The van der Waals surface area contributed by atoms with E-state index < -0.39 is 12.1 Å². The van der Waals surface area contributed by atoms with Crippen molar-refractivity contribution in [3.8, 4) is 5.75 Å². The molecule has 170 valence electrons. The first-order chi connectivity index (χ1) is 15.9. The molecule has 0 unspecified atom stereocenters. The van der Waals surface area contributed by atoms with Gasteiger partial charge in [-0.1, -0.05) is 12.1 Å². The predicted molar refractivity (Wildman–Crippen MR) is 120 cm³/mol. The summed E-state index contributed by atoms with van der Waals surface area (Å²) < 4.78 is 20.2. The molecule has 0 fully saturated rings. The SMILES string of the molecule is Cc1nn2cccnc2c1OC(=O)N(C)Cc1csc(NC(=O)NCc2cccc(F)c2)n1. The van der Waals surface area contributed by atoms with Crippen molar-refractivity contribution in [1.82, 2.24) is 29.8 Å². The first kappa shape index (κ1) is 22.1. The van der Waals surface area contributed by atoms with E-state index in [1.807, 2.05) is 0 Å². The van der Waals surface area contributed by atoms with E-state index in [0.29, 0.717) is 33.5 Å². The fraction of sp³-hybridized carbons (Fsp3) is 0.190.